The fourth-order valence-corrected chi connectivity index (χ4v) is 2.16. The minimum atomic E-state index is 0.746. The molecular weight excluding hydrogens is 188 g/mol. The zero-order valence-electron chi connectivity index (χ0n) is 10.3. The molecule has 3 nitrogen and oxygen atoms in total. The molecule has 1 saturated heterocycles. The Morgan fingerprint density at radius 3 is 2.93 bits per heavy atom. The van der Waals surface area contributed by atoms with Crippen LogP contribution in [0.2, 0.25) is 0 Å². The molecule has 1 unspecified atom stereocenters. The van der Waals surface area contributed by atoms with E-state index in [0.29, 0.717) is 0 Å². The van der Waals surface area contributed by atoms with Crippen LogP contribution < -0.4 is 5.32 Å². The van der Waals surface area contributed by atoms with E-state index in [-0.39, 0.29) is 0 Å². The van der Waals surface area contributed by atoms with Gasteiger partial charge in [-0.15, -0.1) is 0 Å². The third-order valence-corrected chi connectivity index (χ3v) is 3.00. The summed E-state index contributed by atoms with van der Waals surface area (Å²) in [5.41, 5.74) is 0. The van der Waals surface area contributed by atoms with Crippen molar-refractivity contribution in [3.05, 3.63) is 0 Å². The lowest BCUT2D eigenvalue weighted by atomic mass is 10.2. The number of hydrogen-bond acceptors (Lipinski definition) is 3. The Balaban J connectivity index is 2.09. The van der Waals surface area contributed by atoms with Gasteiger partial charge in [-0.1, -0.05) is 13.8 Å². The molecule has 0 aliphatic carbocycles. The summed E-state index contributed by atoms with van der Waals surface area (Å²) in [4.78, 5) is 2.57. The van der Waals surface area contributed by atoms with E-state index >= 15 is 0 Å². The molecule has 0 amide bonds. The van der Waals surface area contributed by atoms with Crippen molar-refractivity contribution < 1.29 is 4.74 Å². The number of likely N-dealkylation sites (N-methyl/N-ethyl adjacent to an activating group) is 1. The second-order valence-corrected chi connectivity index (χ2v) is 4.25. The van der Waals surface area contributed by atoms with Crippen LogP contribution in [0.1, 0.15) is 33.1 Å². The van der Waals surface area contributed by atoms with Crippen LogP contribution in [-0.2, 0) is 4.74 Å². The lowest BCUT2D eigenvalue weighted by Gasteiger charge is -2.24. The maximum Gasteiger partial charge on any atom is 0.0593 e. The average Bonchev–Trinajstić information content (AvgIpc) is 2.69. The summed E-state index contributed by atoms with van der Waals surface area (Å²) < 4.78 is 5.54. The first-order chi connectivity index (χ1) is 7.38. The van der Waals surface area contributed by atoms with Gasteiger partial charge in [-0.05, 0) is 32.4 Å². The molecule has 0 aromatic rings. The highest BCUT2D eigenvalue weighted by Gasteiger charge is 2.23. The number of nitrogens with zero attached hydrogens (tertiary/aromatic N) is 1. The third-order valence-electron chi connectivity index (χ3n) is 3.00. The van der Waals surface area contributed by atoms with E-state index in [9.17, 15) is 0 Å². The summed E-state index contributed by atoms with van der Waals surface area (Å²) >= 11 is 0. The fraction of sp³-hybridized carbons (Fsp3) is 1.00. The number of nitrogens with one attached hydrogen (secondary N) is 1. The Kier molecular flexibility index (Phi) is 6.98. The monoisotopic (exact) mass is 214 g/mol. The average molecular weight is 214 g/mol. The molecule has 1 atom stereocenters. The number of ether oxygens (including phenoxy) is 1. The van der Waals surface area contributed by atoms with Crippen molar-refractivity contribution in [1.82, 2.24) is 10.2 Å². The van der Waals surface area contributed by atoms with Crippen LogP contribution in [0.4, 0.5) is 0 Å². The largest absolute Gasteiger partial charge is 0.380 e. The van der Waals surface area contributed by atoms with Crippen molar-refractivity contribution in [2.75, 3.05) is 39.4 Å². The quantitative estimate of drug-likeness (QED) is 0.620. The van der Waals surface area contributed by atoms with E-state index in [2.05, 4.69) is 24.1 Å². The summed E-state index contributed by atoms with van der Waals surface area (Å²) in [7, 11) is 0. The maximum absolute atomic E-state index is 5.54. The van der Waals surface area contributed by atoms with Crippen LogP contribution in [0.3, 0.4) is 0 Å². The van der Waals surface area contributed by atoms with E-state index in [1.807, 2.05) is 0 Å². The van der Waals surface area contributed by atoms with E-state index in [1.54, 1.807) is 0 Å². The Labute approximate surface area is 94.2 Å². The molecule has 0 aromatic heterocycles. The third kappa shape index (κ3) is 4.96. The van der Waals surface area contributed by atoms with Crippen molar-refractivity contribution in [3.8, 4) is 0 Å². The fourth-order valence-electron chi connectivity index (χ4n) is 2.16. The molecule has 1 fully saturated rings. The Hall–Kier alpha value is -0.120. The first kappa shape index (κ1) is 12.9. The normalized spacial score (nSPS) is 22.4. The molecule has 0 radical (unpaired) electrons. The van der Waals surface area contributed by atoms with Gasteiger partial charge in [0.15, 0.2) is 0 Å². The SMILES string of the molecule is CCCOCCN1CCCC1CNCC. The molecule has 1 heterocycles. The van der Waals surface area contributed by atoms with E-state index in [0.717, 1.165) is 45.3 Å². The summed E-state index contributed by atoms with van der Waals surface area (Å²) in [6, 6.07) is 0.746. The Morgan fingerprint density at radius 1 is 1.33 bits per heavy atom. The number of rotatable bonds is 8. The van der Waals surface area contributed by atoms with Gasteiger partial charge in [0.1, 0.15) is 0 Å². The first-order valence-corrected chi connectivity index (χ1v) is 6.41. The van der Waals surface area contributed by atoms with Crippen LogP contribution in [0.15, 0.2) is 0 Å². The lowest BCUT2D eigenvalue weighted by molar-refractivity contribution is 0.0996. The van der Waals surface area contributed by atoms with Gasteiger partial charge in [0, 0.05) is 25.7 Å². The molecule has 90 valence electrons. The van der Waals surface area contributed by atoms with Crippen LogP contribution in [0, 0.1) is 0 Å². The van der Waals surface area contributed by atoms with Gasteiger partial charge in [-0.3, -0.25) is 4.90 Å². The van der Waals surface area contributed by atoms with Crippen molar-refractivity contribution in [3.63, 3.8) is 0 Å². The highest BCUT2D eigenvalue weighted by molar-refractivity contribution is 4.80. The van der Waals surface area contributed by atoms with Gasteiger partial charge in [-0.25, -0.2) is 0 Å². The highest BCUT2D eigenvalue weighted by atomic mass is 16.5. The minimum Gasteiger partial charge on any atom is -0.380 e. The van der Waals surface area contributed by atoms with Crippen LogP contribution >= 0.6 is 0 Å². The van der Waals surface area contributed by atoms with Gasteiger partial charge in [0.25, 0.3) is 0 Å². The molecule has 1 aliphatic heterocycles. The van der Waals surface area contributed by atoms with Crippen molar-refractivity contribution in [2.24, 2.45) is 0 Å². The second-order valence-electron chi connectivity index (χ2n) is 4.25. The molecule has 15 heavy (non-hydrogen) atoms. The lowest BCUT2D eigenvalue weighted by Crippen LogP contribution is -2.39. The summed E-state index contributed by atoms with van der Waals surface area (Å²) in [6.45, 7) is 10.7. The molecule has 3 heteroatoms. The molecule has 0 bridgehead atoms. The Morgan fingerprint density at radius 2 is 2.20 bits per heavy atom. The van der Waals surface area contributed by atoms with E-state index in [1.165, 1.54) is 19.4 Å². The maximum atomic E-state index is 5.54. The topological polar surface area (TPSA) is 24.5 Å². The smallest absolute Gasteiger partial charge is 0.0593 e. The van der Waals surface area contributed by atoms with Crippen LogP contribution in [0.5, 0.6) is 0 Å². The van der Waals surface area contributed by atoms with E-state index in [4.69, 9.17) is 4.74 Å². The summed E-state index contributed by atoms with van der Waals surface area (Å²) in [5, 5.41) is 3.44. The predicted octanol–water partition coefficient (Wildman–Crippen LogP) is 1.49. The summed E-state index contributed by atoms with van der Waals surface area (Å²) in [5.74, 6) is 0. The van der Waals surface area contributed by atoms with Gasteiger partial charge < -0.3 is 10.1 Å². The highest BCUT2D eigenvalue weighted by Crippen LogP contribution is 2.15. The molecule has 0 spiro atoms. The predicted molar refractivity (Wildman–Crippen MR) is 64.2 cm³/mol. The first-order valence-electron chi connectivity index (χ1n) is 6.41. The molecule has 1 aliphatic rings. The second kappa shape index (κ2) is 8.08. The molecular formula is C12H26N2O. The summed E-state index contributed by atoms with van der Waals surface area (Å²) in [6.07, 6.45) is 3.82. The standard InChI is InChI=1S/C12H26N2O/c1-3-9-15-10-8-14-7-5-6-12(14)11-13-4-2/h12-13H,3-11H2,1-2H3. The molecule has 1 rings (SSSR count). The van der Waals surface area contributed by atoms with Gasteiger partial charge in [0.2, 0.25) is 0 Å². The zero-order chi connectivity index (χ0) is 10.9. The van der Waals surface area contributed by atoms with Crippen LogP contribution in [0.25, 0.3) is 0 Å². The zero-order valence-corrected chi connectivity index (χ0v) is 10.3. The minimum absolute atomic E-state index is 0.746. The van der Waals surface area contributed by atoms with Crippen molar-refractivity contribution >= 4 is 0 Å². The van der Waals surface area contributed by atoms with Gasteiger partial charge in [0.05, 0.1) is 6.61 Å². The number of likely N-dealkylation sites (tertiary alicyclic amines) is 1. The molecule has 0 saturated carbocycles. The number of hydrogen-bond donors (Lipinski definition) is 1. The van der Waals surface area contributed by atoms with Crippen LogP contribution in [-0.4, -0.2) is 50.3 Å². The molecule has 0 aromatic carbocycles. The van der Waals surface area contributed by atoms with Gasteiger partial charge in [-0.2, -0.15) is 0 Å². The molecule has 1 N–H and O–H groups in total. The Bertz CT molecular complexity index is 153. The van der Waals surface area contributed by atoms with Crippen molar-refractivity contribution in [2.45, 2.75) is 39.2 Å². The van der Waals surface area contributed by atoms with Gasteiger partial charge >= 0.3 is 0 Å². The van der Waals surface area contributed by atoms with E-state index < -0.39 is 0 Å². The van der Waals surface area contributed by atoms with Crippen molar-refractivity contribution in [1.29, 1.82) is 0 Å².